The Morgan fingerprint density at radius 3 is 2.32 bits per heavy atom. The molecule has 7 heteroatoms. The molecule has 37 heavy (non-hydrogen) atoms. The molecule has 190 valence electrons. The van der Waals surface area contributed by atoms with Gasteiger partial charge in [0.1, 0.15) is 5.82 Å². The smallest absolute Gasteiger partial charge is 0.306 e. The summed E-state index contributed by atoms with van der Waals surface area (Å²) in [5, 5.41) is 12.2. The minimum Gasteiger partial charge on any atom is -0.481 e. The number of hydrogen-bond donors (Lipinski definition) is 2. The number of nitrogens with one attached hydrogen (secondary N) is 1. The predicted molar refractivity (Wildman–Crippen MR) is 142 cm³/mol. The normalized spacial score (nSPS) is 12.8. The highest BCUT2D eigenvalue weighted by Gasteiger charge is 2.17. The van der Waals surface area contributed by atoms with Crippen molar-refractivity contribution < 1.29 is 19.1 Å². The lowest BCUT2D eigenvalue weighted by atomic mass is 10.00. The number of nitrogens with zero attached hydrogens (tertiary/aromatic N) is 2. The first-order chi connectivity index (χ1) is 17.7. The Balaban J connectivity index is 1.63. The fourth-order valence-corrected chi connectivity index (χ4v) is 4.16. The lowest BCUT2D eigenvalue weighted by Crippen LogP contribution is -2.26. The largest absolute Gasteiger partial charge is 0.481 e. The second-order valence-electron chi connectivity index (χ2n) is 9.47. The van der Waals surface area contributed by atoms with Gasteiger partial charge in [-0.15, -0.1) is 0 Å². The quantitative estimate of drug-likeness (QED) is 0.283. The summed E-state index contributed by atoms with van der Waals surface area (Å²) in [4.78, 5) is 34.0. The molecule has 3 aromatic carbocycles. The summed E-state index contributed by atoms with van der Waals surface area (Å²) in [5.41, 5.74) is 6.13. The molecule has 0 bridgehead atoms. The van der Waals surface area contributed by atoms with E-state index in [-0.39, 0.29) is 17.8 Å². The number of carbonyl (C=O) groups is 2. The van der Waals surface area contributed by atoms with Crippen molar-refractivity contribution in [1.82, 2.24) is 15.3 Å². The number of carboxylic acids is 1. The zero-order valence-electron chi connectivity index (χ0n) is 21.2. The molecule has 0 aliphatic heterocycles. The Bertz CT molecular complexity index is 1420. The Morgan fingerprint density at radius 1 is 0.946 bits per heavy atom. The van der Waals surface area contributed by atoms with Crippen molar-refractivity contribution in [3.63, 3.8) is 0 Å². The van der Waals surface area contributed by atoms with Crippen LogP contribution in [0.4, 0.5) is 4.39 Å². The van der Waals surface area contributed by atoms with Crippen molar-refractivity contribution in [2.45, 2.75) is 46.1 Å². The lowest BCUT2D eigenvalue weighted by Gasteiger charge is -2.15. The standard InChI is InChI=1S/C30H30FN3O3/c1-18-7-9-22(10-8-18)28-26(6-4-5-19(2)30(36)37)33-27-17-23(13-16-25(27)34-28)29(35)32-20(3)21-11-14-24(31)15-12-21/h7-17,19-20H,4-6H2,1-3H3,(H,32,35)(H,36,37). The lowest BCUT2D eigenvalue weighted by molar-refractivity contribution is -0.141. The van der Waals surface area contributed by atoms with Gasteiger partial charge in [-0.3, -0.25) is 9.59 Å². The number of aromatic nitrogens is 2. The third kappa shape index (κ3) is 6.36. The number of aryl methyl sites for hydroxylation is 2. The van der Waals surface area contributed by atoms with Gasteiger partial charge in [-0.1, -0.05) is 48.9 Å². The monoisotopic (exact) mass is 499 g/mol. The van der Waals surface area contributed by atoms with Gasteiger partial charge in [-0.2, -0.15) is 0 Å². The van der Waals surface area contributed by atoms with Crippen LogP contribution in [0.2, 0.25) is 0 Å². The third-order valence-electron chi connectivity index (χ3n) is 6.51. The summed E-state index contributed by atoms with van der Waals surface area (Å²) >= 11 is 0. The van der Waals surface area contributed by atoms with Crippen LogP contribution in [0.5, 0.6) is 0 Å². The van der Waals surface area contributed by atoms with E-state index in [1.807, 2.05) is 38.1 Å². The number of fused-ring (bicyclic) bond motifs is 1. The Kier molecular flexibility index (Phi) is 7.92. The number of rotatable bonds is 9. The highest BCUT2D eigenvalue weighted by molar-refractivity contribution is 5.97. The first-order valence-corrected chi connectivity index (χ1v) is 12.4. The van der Waals surface area contributed by atoms with E-state index in [2.05, 4.69) is 5.32 Å². The number of aliphatic carboxylic acids is 1. The summed E-state index contributed by atoms with van der Waals surface area (Å²) in [6.45, 7) is 5.57. The average Bonchev–Trinajstić information content (AvgIpc) is 2.88. The maximum Gasteiger partial charge on any atom is 0.306 e. The molecule has 0 fully saturated rings. The van der Waals surface area contributed by atoms with Crippen molar-refractivity contribution in [3.8, 4) is 11.3 Å². The number of hydrogen-bond acceptors (Lipinski definition) is 4. The van der Waals surface area contributed by atoms with Crippen LogP contribution in [-0.2, 0) is 11.2 Å². The minimum absolute atomic E-state index is 0.264. The van der Waals surface area contributed by atoms with Gasteiger partial charge in [0.15, 0.2) is 0 Å². The van der Waals surface area contributed by atoms with Crippen molar-refractivity contribution in [3.05, 3.63) is 94.9 Å². The average molecular weight is 500 g/mol. The molecule has 0 saturated heterocycles. The number of carbonyl (C=O) groups excluding carboxylic acids is 1. The van der Waals surface area contributed by atoms with E-state index in [1.165, 1.54) is 12.1 Å². The molecule has 0 saturated carbocycles. The maximum atomic E-state index is 13.2. The van der Waals surface area contributed by atoms with Crippen LogP contribution in [0.25, 0.3) is 22.3 Å². The van der Waals surface area contributed by atoms with Crippen LogP contribution in [0, 0.1) is 18.7 Å². The Morgan fingerprint density at radius 2 is 1.65 bits per heavy atom. The number of carboxylic acid groups (broad SMARTS) is 1. The van der Waals surface area contributed by atoms with Gasteiger partial charge < -0.3 is 10.4 Å². The van der Waals surface area contributed by atoms with Gasteiger partial charge in [0.2, 0.25) is 0 Å². The van der Waals surface area contributed by atoms with Gasteiger partial charge in [-0.25, -0.2) is 14.4 Å². The van der Waals surface area contributed by atoms with E-state index < -0.39 is 11.9 Å². The fourth-order valence-electron chi connectivity index (χ4n) is 4.16. The van der Waals surface area contributed by atoms with Crippen LogP contribution in [-0.4, -0.2) is 27.0 Å². The Labute approximate surface area is 215 Å². The molecule has 4 aromatic rings. The number of halogens is 1. The maximum absolute atomic E-state index is 13.2. The molecule has 2 N–H and O–H groups in total. The number of amides is 1. The Hall–Kier alpha value is -4.13. The van der Waals surface area contributed by atoms with Crippen LogP contribution >= 0.6 is 0 Å². The minimum atomic E-state index is -0.811. The van der Waals surface area contributed by atoms with E-state index in [1.54, 1.807) is 37.3 Å². The predicted octanol–water partition coefficient (Wildman–Crippen LogP) is 6.28. The van der Waals surface area contributed by atoms with E-state index in [0.29, 0.717) is 35.9 Å². The third-order valence-corrected chi connectivity index (χ3v) is 6.51. The zero-order valence-corrected chi connectivity index (χ0v) is 21.2. The van der Waals surface area contributed by atoms with Crippen molar-refractivity contribution >= 4 is 22.9 Å². The first kappa shape index (κ1) is 25.9. The zero-order chi connectivity index (χ0) is 26.5. The van der Waals surface area contributed by atoms with E-state index in [9.17, 15) is 19.1 Å². The van der Waals surface area contributed by atoms with Crippen LogP contribution in [0.15, 0.2) is 66.7 Å². The molecule has 2 unspecified atom stereocenters. The van der Waals surface area contributed by atoms with Gasteiger partial charge in [0.25, 0.3) is 5.91 Å². The summed E-state index contributed by atoms with van der Waals surface area (Å²) in [5.74, 6) is -1.84. The first-order valence-electron chi connectivity index (χ1n) is 12.4. The van der Waals surface area contributed by atoms with Crippen molar-refractivity contribution in [2.24, 2.45) is 5.92 Å². The van der Waals surface area contributed by atoms with Crippen molar-refractivity contribution in [2.75, 3.05) is 0 Å². The number of benzene rings is 3. The molecule has 4 rings (SSSR count). The molecule has 1 heterocycles. The molecule has 0 spiro atoms. The molecule has 0 aliphatic rings. The molecular formula is C30H30FN3O3. The van der Waals surface area contributed by atoms with Gasteiger partial charge in [0, 0.05) is 11.1 Å². The van der Waals surface area contributed by atoms with E-state index in [0.717, 1.165) is 28.1 Å². The molecule has 0 aliphatic carbocycles. The second-order valence-corrected chi connectivity index (χ2v) is 9.47. The molecule has 1 aromatic heterocycles. The molecule has 2 atom stereocenters. The van der Waals surface area contributed by atoms with Gasteiger partial charge in [-0.05, 0) is 69.0 Å². The summed E-state index contributed by atoms with van der Waals surface area (Å²) in [7, 11) is 0. The fraction of sp³-hybridized carbons (Fsp3) is 0.267. The van der Waals surface area contributed by atoms with E-state index in [4.69, 9.17) is 9.97 Å². The summed E-state index contributed by atoms with van der Waals surface area (Å²) < 4.78 is 13.2. The highest BCUT2D eigenvalue weighted by Crippen LogP contribution is 2.26. The SMILES string of the molecule is Cc1ccc(-c2nc3ccc(C(=O)NC(C)c4ccc(F)cc4)cc3nc2CCCC(C)C(=O)O)cc1. The van der Waals surface area contributed by atoms with Crippen LogP contribution in [0.1, 0.15) is 59.9 Å². The second kappa shape index (κ2) is 11.3. The van der Waals surface area contributed by atoms with E-state index >= 15 is 0 Å². The molecule has 1 amide bonds. The topological polar surface area (TPSA) is 92.2 Å². The molecular weight excluding hydrogens is 469 g/mol. The summed E-state index contributed by atoms with van der Waals surface area (Å²) in [6.07, 6.45) is 1.76. The van der Waals surface area contributed by atoms with Crippen LogP contribution < -0.4 is 5.32 Å². The highest BCUT2D eigenvalue weighted by atomic mass is 19.1. The molecule has 6 nitrogen and oxygen atoms in total. The van der Waals surface area contributed by atoms with Gasteiger partial charge >= 0.3 is 5.97 Å². The summed E-state index contributed by atoms with van der Waals surface area (Å²) in [6, 6.07) is 19.0. The van der Waals surface area contributed by atoms with Crippen molar-refractivity contribution in [1.29, 1.82) is 0 Å². The van der Waals surface area contributed by atoms with Gasteiger partial charge in [0.05, 0.1) is 34.4 Å². The van der Waals surface area contributed by atoms with Crippen LogP contribution in [0.3, 0.4) is 0 Å². The molecule has 0 radical (unpaired) electrons.